The van der Waals surface area contributed by atoms with Crippen molar-refractivity contribution in [2.75, 3.05) is 20.1 Å². The fraction of sp³-hybridized carbons (Fsp3) is 0.350. The van der Waals surface area contributed by atoms with Gasteiger partial charge in [0.1, 0.15) is 11.8 Å². The minimum absolute atomic E-state index is 0.245. The number of benzene rings is 1. The van der Waals surface area contributed by atoms with Crippen molar-refractivity contribution < 1.29 is 4.99 Å². The molecule has 2 aliphatic rings. The van der Waals surface area contributed by atoms with Gasteiger partial charge in [-0.05, 0) is 60.5 Å². The summed E-state index contributed by atoms with van der Waals surface area (Å²) in [5.41, 5.74) is 15.7. The normalized spacial score (nSPS) is 23.0. The second-order valence-corrected chi connectivity index (χ2v) is 7.72. The Kier molecular flexibility index (Phi) is 5.65. The maximum absolute atomic E-state index is 10.0. The van der Waals surface area contributed by atoms with Crippen molar-refractivity contribution in [2.24, 2.45) is 17.4 Å². The van der Waals surface area contributed by atoms with Crippen LogP contribution in [0.3, 0.4) is 0 Å². The number of likely N-dealkylation sites (tertiary alicyclic amines) is 1. The van der Waals surface area contributed by atoms with Crippen LogP contribution in [-0.4, -0.2) is 30.9 Å². The van der Waals surface area contributed by atoms with Crippen molar-refractivity contribution in [3.63, 3.8) is 0 Å². The first-order valence-electron chi connectivity index (χ1n) is 8.84. The Morgan fingerprint density at radius 2 is 1.96 bits per heavy atom. The van der Waals surface area contributed by atoms with Crippen LogP contribution in [0.1, 0.15) is 29.9 Å². The summed E-state index contributed by atoms with van der Waals surface area (Å²) in [7, 11) is 2.10. The molecule has 1 atom stereocenters. The Labute approximate surface area is 167 Å². The number of halogens is 1. The van der Waals surface area contributed by atoms with Crippen LogP contribution in [0.2, 0.25) is 0 Å². The fourth-order valence-corrected chi connectivity index (χ4v) is 4.45. The molecule has 3 rings (SSSR count). The van der Waals surface area contributed by atoms with Gasteiger partial charge in [-0.1, -0.05) is 12.1 Å². The van der Waals surface area contributed by atoms with E-state index in [2.05, 4.69) is 45.0 Å². The number of nitrogens with zero attached hydrogens (tertiary/aromatic N) is 3. The van der Waals surface area contributed by atoms with E-state index in [9.17, 15) is 10.5 Å². The first-order chi connectivity index (χ1) is 13.0. The quantitative estimate of drug-likeness (QED) is 0.648. The molecule has 138 valence electrons. The molecular formula is C20H22BrN6+. The van der Waals surface area contributed by atoms with Crippen LogP contribution < -0.4 is 16.5 Å². The smallest absolute Gasteiger partial charge is 0.276 e. The molecule has 0 radical (unpaired) electrons. The molecule has 0 saturated carbocycles. The number of nitrogens with one attached hydrogen (secondary N) is 1. The van der Waals surface area contributed by atoms with E-state index in [0.717, 1.165) is 37.2 Å². The summed E-state index contributed by atoms with van der Waals surface area (Å²) in [6, 6.07) is 10.0. The number of allylic oxidation sites excluding steroid dienone is 2. The Morgan fingerprint density at radius 3 is 2.56 bits per heavy atom. The molecule has 5 N–H and O–H groups in total. The third kappa shape index (κ3) is 3.49. The molecule has 1 aromatic rings. The third-order valence-electron chi connectivity index (χ3n) is 5.36. The Bertz CT molecular complexity index is 923. The van der Waals surface area contributed by atoms with Crippen LogP contribution in [0.4, 0.5) is 0 Å². The average Bonchev–Trinajstić information content (AvgIpc) is 2.68. The standard InChI is InChI=1S/C20H21BrN6/c1-27-7-5-12(6-8-27)19-15(10-23)17(16(11-24)20(25)26-19)14-4-2-3-13(9-22)18(14)21/h2-4,11-12,17H,5-8,24H2,1H3,(H2,25,26)/p+1/b16-11-. The summed E-state index contributed by atoms with van der Waals surface area (Å²) in [6.07, 6.45) is 3.37. The van der Waals surface area contributed by atoms with Crippen molar-refractivity contribution >= 4 is 21.8 Å². The van der Waals surface area contributed by atoms with Crippen molar-refractivity contribution in [3.05, 3.63) is 56.8 Å². The van der Waals surface area contributed by atoms with Gasteiger partial charge in [-0.3, -0.25) is 5.73 Å². The second kappa shape index (κ2) is 7.96. The van der Waals surface area contributed by atoms with Crippen LogP contribution >= 0.6 is 15.9 Å². The SMILES string of the molecule is CN1CCC(C2=C(C#N)C(c3cccc(C#N)c3Br)/C(=C/N)C(N)=[NH+]2)CC1. The zero-order chi connectivity index (χ0) is 19.6. The molecular weight excluding hydrogens is 404 g/mol. The summed E-state index contributed by atoms with van der Waals surface area (Å²) in [4.78, 5) is 5.54. The Hall–Kier alpha value is -2.61. The lowest BCUT2D eigenvalue weighted by atomic mass is 9.78. The highest BCUT2D eigenvalue weighted by molar-refractivity contribution is 9.10. The molecule has 0 bridgehead atoms. The van der Waals surface area contributed by atoms with Gasteiger partial charge in [-0.2, -0.15) is 10.5 Å². The van der Waals surface area contributed by atoms with Crippen LogP contribution in [0.5, 0.6) is 0 Å². The number of nitriles is 2. The van der Waals surface area contributed by atoms with Crippen LogP contribution in [0.25, 0.3) is 0 Å². The first-order valence-corrected chi connectivity index (χ1v) is 9.63. The van der Waals surface area contributed by atoms with Crippen LogP contribution in [-0.2, 0) is 0 Å². The van der Waals surface area contributed by atoms with Crippen molar-refractivity contribution in [1.82, 2.24) is 4.90 Å². The maximum atomic E-state index is 10.0. The van der Waals surface area contributed by atoms with E-state index in [1.54, 1.807) is 6.07 Å². The molecule has 7 heteroatoms. The highest BCUT2D eigenvalue weighted by Crippen LogP contribution is 2.40. The highest BCUT2D eigenvalue weighted by atomic mass is 79.9. The Balaban J connectivity index is 2.17. The highest BCUT2D eigenvalue weighted by Gasteiger charge is 2.38. The maximum Gasteiger partial charge on any atom is 0.276 e. The third-order valence-corrected chi connectivity index (χ3v) is 6.24. The molecule has 1 unspecified atom stereocenters. The van der Waals surface area contributed by atoms with E-state index in [1.807, 2.05) is 12.1 Å². The molecule has 1 saturated heterocycles. The van der Waals surface area contributed by atoms with Gasteiger partial charge in [0.15, 0.2) is 0 Å². The van der Waals surface area contributed by atoms with E-state index in [1.165, 1.54) is 6.20 Å². The van der Waals surface area contributed by atoms with Gasteiger partial charge < -0.3 is 10.6 Å². The number of amidine groups is 1. The molecule has 0 spiro atoms. The summed E-state index contributed by atoms with van der Waals surface area (Å²) in [5, 5.41) is 19.4. The number of hydrogen-bond donors (Lipinski definition) is 3. The molecule has 0 aromatic heterocycles. The summed E-state index contributed by atoms with van der Waals surface area (Å²) in [5.74, 6) is 0.303. The fourth-order valence-electron chi connectivity index (χ4n) is 3.86. The molecule has 6 nitrogen and oxygen atoms in total. The number of hydrogen-bond acceptors (Lipinski definition) is 5. The lowest BCUT2D eigenvalue weighted by Gasteiger charge is -2.31. The number of nitrogens with two attached hydrogens (primary N) is 2. The van der Waals surface area contributed by atoms with Crippen molar-refractivity contribution in [3.8, 4) is 12.1 Å². The lowest BCUT2D eigenvalue weighted by molar-refractivity contribution is -0.412. The van der Waals surface area contributed by atoms with Crippen molar-refractivity contribution in [2.45, 2.75) is 18.8 Å². The van der Waals surface area contributed by atoms with Gasteiger partial charge >= 0.3 is 0 Å². The van der Waals surface area contributed by atoms with Gasteiger partial charge in [0.05, 0.1) is 28.7 Å². The average molecular weight is 426 g/mol. The van der Waals surface area contributed by atoms with E-state index < -0.39 is 5.92 Å². The lowest BCUT2D eigenvalue weighted by Crippen LogP contribution is -2.77. The summed E-state index contributed by atoms with van der Waals surface area (Å²) in [6.45, 7) is 1.96. The van der Waals surface area contributed by atoms with E-state index in [0.29, 0.717) is 27.0 Å². The molecule has 1 fully saturated rings. The number of piperidine rings is 1. The van der Waals surface area contributed by atoms with Gasteiger partial charge in [-0.25, -0.2) is 4.99 Å². The molecule has 27 heavy (non-hydrogen) atoms. The summed E-state index contributed by atoms with van der Waals surface area (Å²) < 4.78 is 0.669. The zero-order valence-corrected chi connectivity index (χ0v) is 16.8. The van der Waals surface area contributed by atoms with Crippen molar-refractivity contribution in [1.29, 1.82) is 10.5 Å². The molecule has 0 aliphatic carbocycles. The first kappa shape index (κ1) is 19.2. The topological polar surface area (TPSA) is 117 Å². The minimum Gasteiger partial charge on any atom is -0.404 e. The van der Waals surface area contributed by atoms with E-state index >= 15 is 0 Å². The monoisotopic (exact) mass is 425 g/mol. The van der Waals surface area contributed by atoms with Gasteiger partial charge in [-0.15, -0.1) is 0 Å². The number of rotatable bonds is 2. The minimum atomic E-state index is -0.404. The van der Waals surface area contributed by atoms with Crippen LogP contribution in [0, 0.1) is 28.6 Å². The molecule has 0 amide bonds. The molecule has 2 aliphatic heterocycles. The van der Waals surface area contributed by atoms with Crippen LogP contribution in [0.15, 0.2) is 45.7 Å². The molecule has 2 heterocycles. The van der Waals surface area contributed by atoms with Gasteiger partial charge in [0.25, 0.3) is 5.84 Å². The van der Waals surface area contributed by atoms with E-state index in [-0.39, 0.29) is 5.92 Å². The predicted molar refractivity (Wildman–Crippen MR) is 107 cm³/mol. The summed E-state index contributed by atoms with van der Waals surface area (Å²) >= 11 is 3.53. The second-order valence-electron chi connectivity index (χ2n) is 6.93. The molecule has 1 aromatic carbocycles. The zero-order valence-electron chi connectivity index (χ0n) is 15.2. The van der Waals surface area contributed by atoms with Gasteiger partial charge in [0, 0.05) is 16.6 Å². The largest absolute Gasteiger partial charge is 0.404 e. The van der Waals surface area contributed by atoms with E-state index in [4.69, 9.17) is 11.5 Å². The van der Waals surface area contributed by atoms with Gasteiger partial charge in [0.2, 0.25) is 0 Å². The predicted octanol–water partition coefficient (Wildman–Crippen LogP) is 0.818. The Morgan fingerprint density at radius 1 is 1.26 bits per heavy atom.